The summed E-state index contributed by atoms with van der Waals surface area (Å²) in [6.07, 6.45) is -0.532. The van der Waals surface area contributed by atoms with Crippen LogP contribution in [0, 0.1) is 6.92 Å². The van der Waals surface area contributed by atoms with Gasteiger partial charge in [-0.2, -0.15) is 0 Å². The highest BCUT2D eigenvalue weighted by Gasteiger charge is 2.09. The van der Waals surface area contributed by atoms with Crippen LogP contribution in [0.3, 0.4) is 0 Å². The number of hydrogen-bond acceptors (Lipinski definition) is 3. The maximum atomic E-state index is 10.0. The van der Waals surface area contributed by atoms with Crippen molar-refractivity contribution < 1.29 is 9.84 Å². The molecule has 0 radical (unpaired) electrons. The molecule has 132 valence electrons. The van der Waals surface area contributed by atoms with Gasteiger partial charge in [0.05, 0.1) is 19.3 Å². The Morgan fingerprint density at radius 3 is 2.33 bits per heavy atom. The highest BCUT2D eigenvalue weighted by molar-refractivity contribution is 6.30. The van der Waals surface area contributed by atoms with Crippen molar-refractivity contribution in [2.75, 3.05) is 13.2 Å². The van der Waals surface area contributed by atoms with Gasteiger partial charge in [-0.1, -0.05) is 53.6 Å². The molecule has 5 heteroatoms. The fourth-order valence-corrected chi connectivity index (χ4v) is 2.36. The maximum absolute atomic E-state index is 10.0. The second-order valence-electron chi connectivity index (χ2n) is 5.84. The first-order valence-corrected chi connectivity index (χ1v) is 8.22. The highest BCUT2D eigenvalue weighted by Crippen LogP contribution is 2.15. The Hall–Kier alpha value is -1.10. The van der Waals surface area contributed by atoms with E-state index in [1.54, 1.807) is 0 Å². The van der Waals surface area contributed by atoms with E-state index in [0.29, 0.717) is 19.8 Å². The third-order valence-electron chi connectivity index (χ3n) is 3.73. The van der Waals surface area contributed by atoms with E-state index >= 15 is 0 Å². The molecule has 0 saturated heterocycles. The van der Waals surface area contributed by atoms with E-state index in [2.05, 4.69) is 31.3 Å². The zero-order chi connectivity index (χ0) is 16.7. The largest absolute Gasteiger partial charge is 0.389 e. The molecule has 0 bridgehead atoms. The van der Waals surface area contributed by atoms with E-state index in [0.717, 1.165) is 16.1 Å². The average Bonchev–Trinajstić information content (AvgIpc) is 2.55. The number of nitrogens with one attached hydrogen (secondary N) is 1. The molecular weight excluding hydrogens is 345 g/mol. The molecule has 24 heavy (non-hydrogen) atoms. The van der Waals surface area contributed by atoms with Crippen molar-refractivity contribution in [2.45, 2.75) is 32.6 Å². The van der Waals surface area contributed by atoms with Crippen molar-refractivity contribution in [2.24, 2.45) is 0 Å². The van der Waals surface area contributed by atoms with Crippen LogP contribution in [0.15, 0.2) is 48.5 Å². The van der Waals surface area contributed by atoms with Crippen LogP contribution in [0.2, 0.25) is 5.02 Å². The molecule has 0 fully saturated rings. The Bertz CT molecular complexity index is 587. The van der Waals surface area contributed by atoms with Gasteiger partial charge in [-0.05, 0) is 37.1 Å². The fourth-order valence-electron chi connectivity index (χ4n) is 2.24. The van der Waals surface area contributed by atoms with Gasteiger partial charge in [-0.3, -0.25) is 0 Å². The van der Waals surface area contributed by atoms with Crippen LogP contribution in [0.25, 0.3) is 0 Å². The van der Waals surface area contributed by atoms with Gasteiger partial charge in [0.2, 0.25) is 0 Å². The first-order chi connectivity index (χ1) is 11.0. The van der Waals surface area contributed by atoms with Crippen LogP contribution >= 0.6 is 24.0 Å². The van der Waals surface area contributed by atoms with Gasteiger partial charge in [0.15, 0.2) is 0 Å². The molecule has 0 aliphatic carbocycles. The molecule has 2 rings (SSSR count). The quantitative estimate of drug-likeness (QED) is 0.728. The lowest BCUT2D eigenvalue weighted by atomic mass is 10.1. The number of hydrogen-bond donors (Lipinski definition) is 2. The van der Waals surface area contributed by atoms with E-state index in [1.807, 2.05) is 36.4 Å². The molecule has 2 aromatic rings. The van der Waals surface area contributed by atoms with Crippen molar-refractivity contribution in [1.82, 2.24) is 5.32 Å². The average molecular weight is 370 g/mol. The summed E-state index contributed by atoms with van der Waals surface area (Å²) < 4.78 is 5.57. The summed E-state index contributed by atoms with van der Waals surface area (Å²) in [4.78, 5) is 0. The molecule has 0 aliphatic rings. The zero-order valence-electron chi connectivity index (χ0n) is 14.0. The van der Waals surface area contributed by atoms with E-state index in [1.165, 1.54) is 5.56 Å². The Kier molecular flexibility index (Phi) is 9.34. The van der Waals surface area contributed by atoms with Crippen molar-refractivity contribution in [3.8, 4) is 0 Å². The molecule has 0 aliphatic heterocycles. The van der Waals surface area contributed by atoms with Gasteiger partial charge in [-0.15, -0.1) is 12.4 Å². The normalized spacial score (nSPS) is 13.2. The van der Waals surface area contributed by atoms with Gasteiger partial charge in [0.1, 0.15) is 0 Å². The van der Waals surface area contributed by atoms with Gasteiger partial charge in [-0.25, -0.2) is 0 Å². The maximum Gasteiger partial charge on any atom is 0.0898 e. The molecule has 2 aromatic carbocycles. The molecule has 0 heterocycles. The fraction of sp³-hybridized carbons (Fsp3) is 0.368. The van der Waals surface area contributed by atoms with Crippen LogP contribution in [0.1, 0.15) is 29.7 Å². The Labute approximate surface area is 155 Å². The summed E-state index contributed by atoms with van der Waals surface area (Å²) >= 11 is 5.88. The van der Waals surface area contributed by atoms with Gasteiger partial charge in [0.25, 0.3) is 0 Å². The molecule has 0 amide bonds. The van der Waals surface area contributed by atoms with Gasteiger partial charge < -0.3 is 15.2 Å². The minimum Gasteiger partial charge on any atom is -0.389 e. The predicted octanol–water partition coefficient (Wildman–Crippen LogP) is 4.30. The summed E-state index contributed by atoms with van der Waals surface area (Å²) in [5, 5.41) is 14.0. The number of ether oxygens (including phenoxy) is 1. The Balaban J connectivity index is 0.00000288. The predicted molar refractivity (Wildman–Crippen MR) is 102 cm³/mol. The minimum absolute atomic E-state index is 0. The lowest BCUT2D eigenvalue weighted by molar-refractivity contribution is 0.0278. The van der Waals surface area contributed by atoms with Crippen LogP contribution in [-0.2, 0) is 11.3 Å². The highest BCUT2D eigenvalue weighted by atomic mass is 35.5. The second-order valence-corrected chi connectivity index (χ2v) is 6.27. The van der Waals surface area contributed by atoms with Crippen LogP contribution in [-0.4, -0.2) is 24.4 Å². The van der Waals surface area contributed by atoms with Crippen molar-refractivity contribution in [3.05, 3.63) is 70.2 Å². The first-order valence-electron chi connectivity index (χ1n) is 7.85. The monoisotopic (exact) mass is 369 g/mol. The number of aryl methyl sites for hydroxylation is 1. The molecule has 2 N–H and O–H groups in total. The van der Waals surface area contributed by atoms with E-state index < -0.39 is 6.10 Å². The molecular formula is C19H25Cl2NO2. The van der Waals surface area contributed by atoms with Gasteiger partial charge >= 0.3 is 0 Å². The topological polar surface area (TPSA) is 41.5 Å². The Morgan fingerprint density at radius 1 is 1.08 bits per heavy atom. The molecule has 0 spiro atoms. The Morgan fingerprint density at radius 2 is 1.71 bits per heavy atom. The minimum atomic E-state index is -0.532. The lowest BCUT2D eigenvalue weighted by Gasteiger charge is -2.17. The van der Waals surface area contributed by atoms with Crippen LogP contribution in [0.4, 0.5) is 0 Å². The molecule has 0 saturated carbocycles. The lowest BCUT2D eigenvalue weighted by Crippen LogP contribution is -2.32. The third kappa shape index (κ3) is 7.20. The SMILES string of the molecule is Cc1ccc(COCC(O)CNC(C)c2ccc(Cl)cc2)cc1.Cl. The van der Waals surface area contributed by atoms with E-state index in [4.69, 9.17) is 16.3 Å². The summed E-state index contributed by atoms with van der Waals surface area (Å²) in [6.45, 7) is 5.43. The summed E-state index contributed by atoms with van der Waals surface area (Å²) in [5.74, 6) is 0. The summed E-state index contributed by atoms with van der Waals surface area (Å²) in [5.41, 5.74) is 3.49. The summed E-state index contributed by atoms with van der Waals surface area (Å²) in [7, 11) is 0. The first kappa shape index (κ1) is 20.9. The number of aliphatic hydroxyl groups excluding tert-OH is 1. The molecule has 0 aromatic heterocycles. The molecule has 3 nitrogen and oxygen atoms in total. The smallest absolute Gasteiger partial charge is 0.0898 e. The van der Waals surface area contributed by atoms with Crippen LogP contribution in [0.5, 0.6) is 0 Å². The van der Waals surface area contributed by atoms with Crippen molar-refractivity contribution in [3.63, 3.8) is 0 Å². The molecule has 2 atom stereocenters. The molecule has 2 unspecified atom stereocenters. The second kappa shape index (κ2) is 10.7. The van der Waals surface area contributed by atoms with Crippen molar-refractivity contribution in [1.29, 1.82) is 0 Å². The van der Waals surface area contributed by atoms with Crippen LogP contribution < -0.4 is 5.32 Å². The summed E-state index contributed by atoms with van der Waals surface area (Å²) in [6, 6.07) is 16.1. The number of halogens is 2. The third-order valence-corrected chi connectivity index (χ3v) is 3.98. The standard InChI is InChI=1S/C19H24ClNO2.ClH/c1-14-3-5-16(6-4-14)12-23-13-19(22)11-21-15(2)17-7-9-18(20)10-8-17;/h3-10,15,19,21-22H,11-13H2,1-2H3;1H. The number of benzene rings is 2. The van der Waals surface area contributed by atoms with E-state index in [9.17, 15) is 5.11 Å². The van der Waals surface area contributed by atoms with E-state index in [-0.39, 0.29) is 18.4 Å². The number of rotatable bonds is 8. The van der Waals surface area contributed by atoms with Gasteiger partial charge in [0, 0.05) is 17.6 Å². The zero-order valence-corrected chi connectivity index (χ0v) is 15.6. The number of aliphatic hydroxyl groups is 1. The van der Waals surface area contributed by atoms with Crippen molar-refractivity contribution >= 4 is 24.0 Å².